The number of carbonyl (C=O) groups is 2. The molecule has 0 aliphatic heterocycles. The van der Waals surface area contributed by atoms with Gasteiger partial charge in [0.05, 0.1) is 17.7 Å². The molecule has 0 saturated carbocycles. The largest absolute Gasteiger partial charge is 0.508 e. The van der Waals surface area contributed by atoms with Gasteiger partial charge in [0.25, 0.3) is 11.8 Å². The van der Waals surface area contributed by atoms with Crippen LogP contribution >= 0.6 is 0 Å². The quantitative estimate of drug-likeness (QED) is 0.294. The second-order valence-electron chi connectivity index (χ2n) is 8.98. The first-order valence-corrected chi connectivity index (χ1v) is 11.9. The molecule has 0 bridgehead atoms. The van der Waals surface area contributed by atoms with E-state index in [1.54, 1.807) is 12.1 Å². The normalized spacial score (nSPS) is 11.2. The lowest BCUT2D eigenvalue weighted by Gasteiger charge is -2.24. The zero-order valence-electron chi connectivity index (χ0n) is 20.9. The van der Waals surface area contributed by atoms with E-state index >= 15 is 0 Å². The number of carbonyl (C=O) groups excluding carboxylic acids is 2. The Morgan fingerprint density at radius 3 is 2.05 bits per heavy atom. The Bertz CT molecular complexity index is 1470. The fourth-order valence-electron chi connectivity index (χ4n) is 4.09. The number of phenolic OH excluding ortho intramolecular Hbond substituents is 2. The Kier molecular flexibility index (Phi) is 7.90. The number of benzene rings is 4. The molecular formula is C30H25F3N2O4. The van der Waals surface area contributed by atoms with E-state index in [1.807, 2.05) is 30.3 Å². The third-order valence-electron chi connectivity index (χ3n) is 6.09. The zero-order chi connectivity index (χ0) is 28.2. The van der Waals surface area contributed by atoms with E-state index < -0.39 is 23.6 Å². The molecule has 0 radical (unpaired) electrons. The van der Waals surface area contributed by atoms with Gasteiger partial charge in [-0.05, 0) is 59.7 Å². The van der Waals surface area contributed by atoms with Gasteiger partial charge in [0.2, 0.25) is 0 Å². The highest BCUT2D eigenvalue weighted by molar-refractivity contribution is 6.08. The van der Waals surface area contributed by atoms with Crippen LogP contribution in [0.25, 0.3) is 0 Å². The predicted molar refractivity (Wildman–Crippen MR) is 140 cm³/mol. The Morgan fingerprint density at radius 1 is 0.744 bits per heavy atom. The number of amides is 2. The van der Waals surface area contributed by atoms with Gasteiger partial charge in [-0.25, -0.2) is 0 Å². The van der Waals surface area contributed by atoms with Crippen LogP contribution in [0.2, 0.25) is 0 Å². The Labute approximate surface area is 223 Å². The van der Waals surface area contributed by atoms with E-state index in [9.17, 15) is 33.0 Å². The second-order valence-corrected chi connectivity index (χ2v) is 8.98. The van der Waals surface area contributed by atoms with Crippen LogP contribution in [0.1, 0.15) is 37.4 Å². The summed E-state index contributed by atoms with van der Waals surface area (Å²) >= 11 is 0. The lowest BCUT2D eigenvalue weighted by Crippen LogP contribution is -2.31. The summed E-state index contributed by atoms with van der Waals surface area (Å²) in [4.78, 5) is 29.2. The van der Waals surface area contributed by atoms with Gasteiger partial charge >= 0.3 is 6.18 Å². The number of anilines is 1. The topological polar surface area (TPSA) is 81.1 Å². The minimum atomic E-state index is -4.48. The lowest BCUT2D eigenvalue weighted by atomic mass is 10.1. The minimum absolute atomic E-state index is 0.00953. The molecular weight excluding hydrogens is 509 g/mol. The van der Waals surface area contributed by atoms with Crippen molar-refractivity contribution in [2.75, 3.05) is 11.9 Å². The molecule has 4 aromatic rings. The van der Waals surface area contributed by atoms with Gasteiger partial charge in [-0.2, -0.15) is 13.2 Å². The van der Waals surface area contributed by atoms with Gasteiger partial charge in [0.15, 0.2) is 0 Å². The van der Waals surface area contributed by atoms with E-state index in [2.05, 4.69) is 0 Å². The molecule has 9 heteroatoms. The molecule has 4 aromatic carbocycles. The molecule has 0 fully saturated rings. The first-order valence-electron chi connectivity index (χ1n) is 11.9. The van der Waals surface area contributed by atoms with E-state index in [0.717, 1.165) is 23.8 Å². The van der Waals surface area contributed by atoms with Crippen molar-refractivity contribution >= 4 is 17.5 Å². The average Bonchev–Trinajstić information content (AvgIpc) is 2.91. The van der Waals surface area contributed by atoms with Crippen LogP contribution in [0.3, 0.4) is 0 Å². The van der Waals surface area contributed by atoms with Crippen molar-refractivity contribution in [2.45, 2.75) is 19.3 Å². The summed E-state index contributed by atoms with van der Waals surface area (Å²) in [7, 11) is 1.50. The second kappa shape index (κ2) is 11.3. The van der Waals surface area contributed by atoms with Gasteiger partial charge < -0.3 is 20.0 Å². The third kappa shape index (κ3) is 6.56. The van der Waals surface area contributed by atoms with Crippen LogP contribution in [0, 0.1) is 0 Å². The van der Waals surface area contributed by atoms with Crippen molar-refractivity contribution in [3.8, 4) is 11.5 Å². The summed E-state index contributed by atoms with van der Waals surface area (Å²) < 4.78 is 39.1. The van der Waals surface area contributed by atoms with E-state index in [0.29, 0.717) is 11.3 Å². The van der Waals surface area contributed by atoms with Crippen molar-refractivity contribution in [1.82, 2.24) is 4.90 Å². The van der Waals surface area contributed by atoms with Crippen LogP contribution < -0.4 is 4.90 Å². The highest BCUT2D eigenvalue weighted by Gasteiger charge is 2.30. The SMILES string of the molecule is CN(Cc1cccc(C(F)(F)F)c1)C(=O)c1ccc(N(Cc2ccccc2)C(=O)c2ccc(O)cc2O)cc1. The fourth-order valence-corrected chi connectivity index (χ4v) is 4.09. The first-order chi connectivity index (χ1) is 18.5. The molecule has 0 aliphatic rings. The number of hydrogen-bond donors (Lipinski definition) is 2. The van der Waals surface area contributed by atoms with Crippen molar-refractivity contribution in [2.24, 2.45) is 0 Å². The zero-order valence-corrected chi connectivity index (χ0v) is 20.9. The number of hydrogen-bond acceptors (Lipinski definition) is 4. The number of rotatable bonds is 7. The summed E-state index contributed by atoms with van der Waals surface area (Å²) in [6.07, 6.45) is -4.48. The van der Waals surface area contributed by atoms with Crippen LogP contribution in [0.15, 0.2) is 97.1 Å². The van der Waals surface area contributed by atoms with Gasteiger partial charge in [0.1, 0.15) is 11.5 Å². The van der Waals surface area contributed by atoms with Gasteiger partial charge in [0, 0.05) is 30.9 Å². The molecule has 200 valence electrons. The fraction of sp³-hybridized carbons (Fsp3) is 0.133. The summed E-state index contributed by atoms with van der Waals surface area (Å²) in [6.45, 7) is 0.145. The Morgan fingerprint density at radius 2 is 1.41 bits per heavy atom. The number of nitrogens with zero attached hydrogens (tertiary/aromatic N) is 2. The van der Waals surface area contributed by atoms with Crippen LogP contribution in [0.4, 0.5) is 18.9 Å². The number of halogens is 3. The standard InChI is InChI=1S/C30H25F3N2O4/c1-34(18-21-8-5-9-23(16-21)30(31,32)33)28(38)22-10-12-24(13-11-22)35(19-20-6-3-2-4-7-20)29(39)26-15-14-25(36)17-27(26)37/h2-17,36-37H,18-19H2,1H3. The van der Waals surface area contributed by atoms with Crippen molar-refractivity contribution < 1.29 is 33.0 Å². The molecule has 0 atom stereocenters. The number of aromatic hydroxyl groups is 2. The first kappa shape index (κ1) is 27.3. The van der Waals surface area contributed by atoms with Gasteiger partial charge in [-0.3, -0.25) is 9.59 Å². The highest BCUT2D eigenvalue weighted by Crippen LogP contribution is 2.30. The molecule has 2 amide bonds. The van der Waals surface area contributed by atoms with Crippen LogP contribution in [-0.4, -0.2) is 34.0 Å². The lowest BCUT2D eigenvalue weighted by molar-refractivity contribution is -0.137. The van der Waals surface area contributed by atoms with E-state index in [-0.39, 0.29) is 35.7 Å². The summed E-state index contributed by atoms with van der Waals surface area (Å²) in [6, 6.07) is 23.9. The summed E-state index contributed by atoms with van der Waals surface area (Å²) in [5.74, 6) is -1.48. The average molecular weight is 535 g/mol. The maximum Gasteiger partial charge on any atom is 0.416 e. The summed E-state index contributed by atoms with van der Waals surface area (Å²) in [5.41, 5.74) is 1.11. The van der Waals surface area contributed by atoms with Crippen LogP contribution in [-0.2, 0) is 19.3 Å². The minimum Gasteiger partial charge on any atom is -0.508 e. The van der Waals surface area contributed by atoms with Gasteiger partial charge in [-0.1, -0.05) is 42.5 Å². The molecule has 0 heterocycles. The highest BCUT2D eigenvalue weighted by atomic mass is 19.4. The maximum atomic E-state index is 13.4. The molecule has 4 rings (SSSR count). The maximum absolute atomic E-state index is 13.4. The van der Waals surface area contributed by atoms with Crippen molar-refractivity contribution in [3.05, 3.63) is 125 Å². The molecule has 0 aliphatic carbocycles. The third-order valence-corrected chi connectivity index (χ3v) is 6.09. The van der Waals surface area contributed by atoms with Crippen molar-refractivity contribution in [3.63, 3.8) is 0 Å². The molecule has 6 nitrogen and oxygen atoms in total. The smallest absolute Gasteiger partial charge is 0.416 e. The Hall–Kier alpha value is -4.79. The number of alkyl halides is 3. The van der Waals surface area contributed by atoms with E-state index in [1.165, 1.54) is 53.2 Å². The van der Waals surface area contributed by atoms with Gasteiger partial charge in [-0.15, -0.1) is 0 Å². The molecule has 2 N–H and O–H groups in total. The molecule has 0 unspecified atom stereocenters. The Balaban J connectivity index is 1.57. The summed E-state index contributed by atoms with van der Waals surface area (Å²) in [5, 5.41) is 19.9. The molecule has 0 aromatic heterocycles. The van der Waals surface area contributed by atoms with Crippen molar-refractivity contribution in [1.29, 1.82) is 0 Å². The van der Waals surface area contributed by atoms with Crippen LogP contribution in [0.5, 0.6) is 11.5 Å². The molecule has 0 saturated heterocycles. The monoisotopic (exact) mass is 534 g/mol. The molecule has 0 spiro atoms. The molecule has 39 heavy (non-hydrogen) atoms. The van der Waals surface area contributed by atoms with E-state index in [4.69, 9.17) is 0 Å². The number of phenols is 2. The predicted octanol–water partition coefficient (Wildman–Crippen LogP) is 6.24.